The number of morpholine rings is 1. The molecule has 0 aromatic heterocycles. The first-order valence-electron chi connectivity index (χ1n) is 15.9. The van der Waals surface area contributed by atoms with E-state index in [4.69, 9.17) is 41.0 Å². The number of carbonyl (C=O) groups excluding carboxylic acids is 1. The van der Waals surface area contributed by atoms with Gasteiger partial charge in [-0.05, 0) is 72.5 Å². The van der Waals surface area contributed by atoms with E-state index in [9.17, 15) is 9.59 Å². The summed E-state index contributed by atoms with van der Waals surface area (Å²) in [7, 11) is 1.53. The van der Waals surface area contributed by atoms with Crippen LogP contribution in [0.25, 0.3) is 17.2 Å². The molecule has 5 rings (SSSR count). The second-order valence-corrected chi connectivity index (χ2v) is 12.8. The summed E-state index contributed by atoms with van der Waals surface area (Å²) >= 11 is 6.88. The number of nitrogens with zero attached hydrogens (tertiary/aromatic N) is 2. The largest absolute Gasteiger partial charge is 0.494 e. The third-order valence-electron chi connectivity index (χ3n) is 7.80. The number of benzene rings is 3. The summed E-state index contributed by atoms with van der Waals surface area (Å²) < 4.78 is 29.1. The van der Waals surface area contributed by atoms with Crippen molar-refractivity contribution in [3.8, 4) is 34.1 Å². The molecule has 48 heavy (non-hydrogen) atoms. The number of thiocarbonyl (C=S) groups is 1. The standard InChI is InChI=1S/C36H40N2O8S2/c1-3-44-29-9-6-26(7-10-29)27-8-12-30(46-20-16-37-14-18-43-19-15-37)28(23-27)24-33-35(41)38(36(47)48-33)13-4-17-45-32-21-25(22-34(39)40)5-11-31(32)42-2/h5-12,21,23-24H,3-4,13-20,22H2,1-2H3,(H,39,40)/b33-24-. The zero-order valence-corrected chi connectivity index (χ0v) is 28.8. The molecule has 0 bridgehead atoms. The monoisotopic (exact) mass is 692 g/mol. The summed E-state index contributed by atoms with van der Waals surface area (Å²) in [4.78, 5) is 29.1. The number of methoxy groups -OCH3 is 1. The van der Waals surface area contributed by atoms with Crippen molar-refractivity contribution < 1.29 is 38.4 Å². The number of thioether (sulfide) groups is 1. The van der Waals surface area contributed by atoms with Crippen LogP contribution < -0.4 is 18.9 Å². The third-order valence-corrected chi connectivity index (χ3v) is 9.18. The fourth-order valence-corrected chi connectivity index (χ4v) is 6.65. The molecule has 0 spiro atoms. The first kappa shape index (κ1) is 35.2. The summed E-state index contributed by atoms with van der Waals surface area (Å²) in [5.74, 6) is 1.36. The van der Waals surface area contributed by atoms with Crippen molar-refractivity contribution in [3.05, 3.63) is 76.7 Å². The molecular weight excluding hydrogens is 653 g/mol. The zero-order valence-electron chi connectivity index (χ0n) is 27.1. The summed E-state index contributed by atoms with van der Waals surface area (Å²) in [5, 5.41) is 9.13. The Morgan fingerprint density at radius 2 is 1.67 bits per heavy atom. The second kappa shape index (κ2) is 17.3. The van der Waals surface area contributed by atoms with Crippen LogP contribution in [-0.2, 0) is 20.7 Å². The SMILES string of the molecule is CCOc1ccc(-c2ccc(OCCN3CCOCC3)c(/C=C3\SC(=S)N(CCCOc4cc(CC(=O)O)ccc4OC)C3=O)c2)cc1. The fraction of sp³-hybridized carbons (Fsp3) is 0.361. The number of hydrogen-bond donors (Lipinski definition) is 1. The normalized spacial score (nSPS) is 16.0. The van der Waals surface area contributed by atoms with Crippen LogP contribution in [0, 0.1) is 0 Å². The van der Waals surface area contributed by atoms with E-state index in [1.807, 2.05) is 55.5 Å². The Bertz CT molecular complexity index is 1620. The lowest BCUT2D eigenvalue weighted by atomic mass is 10.0. The lowest BCUT2D eigenvalue weighted by Gasteiger charge is -2.26. The van der Waals surface area contributed by atoms with Gasteiger partial charge in [-0.1, -0.05) is 48.2 Å². The number of carboxylic acid groups (broad SMARTS) is 1. The number of carbonyl (C=O) groups is 2. The number of rotatable bonds is 16. The van der Waals surface area contributed by atoms with Crippen molar-refractivity contribution in [2.24, 2.45) is 0 Å². The van der Waals surface area contributed by atoms with Gasteiger partial charge in [0.25, 0.3) is 5.91 Å². The number of hydrogen-bond acceptors (Lipinski definition) is 10. The van der Waals surface area contributed by atoms with Gasteiger partial charge in [-0.2, -0.15) is 0 Å². The van der Waals surface area contributed by atoms with E-state index >= 15 is 0 Å². The molecule has 2 heterocycles. The van der Waals surface area contributed by atoms with Gasteiger partial charge < -0.3 is 28.8 Å². The number of ether oxygens (including phenoxy) is 5. The van der Waals surface area contributed by atoms with Crippen molar-refractivity contribution in [1.29, 1.82) is 0 Å². The number of carboxylic acids is 1. The van der Waals surface area contributed by atoms with Gasteiger partial charge in [0.15, 0.2) is 11.5 Å². The maximum Gasteiger partial charge on any atom is 0.307 e. The smallest absolute Gasteiger partial charge is 0.307 e. The van der Waals surface area contributed by atoms with Crippen LogP contribution in [0.1, 0.15) is 24.5 Å². The van der Waals surface area contributed by atoms with Crippen LogP contribution in [0.2, 0.25) is 0 Å². The topological polar surface area (TPSA) is 107 Å². The molecule has 1 N–H and O–H groups in total. The Hall–Kier alpha value is -4.10. The van der Waals surface area contributed by atoms with E-state index in [0.717, 1.165) is 55.3 Å². The lowest BCUT2D eigenvalue weighted by Crippen LogP contribution is -2.38. The van der Waals surface area contributed by atoms with Crippen LogP contribution >= 0.6 is 24.0 Å². The Balaban J connectivity index is 1.28. The van der Waals surface area contributed by atoms with Crippen LogP contribution in [-0.4, -0.2) is 97.4 Å². The highest BCUT2D eigenvalue weighted by Gasteiger charge is 2.32. The van der Waals surface area contributed by atoms with Gasteiger partial charge in [0.05, 0.1) is 44.9 Å². The minimum absolute atomic E-state index is 0.118. The molecule has 0 saturated carbocycles. The molecule has 3 aromatic carbocycles. The van der Waals surface area contributed by atoms with Gasteiger partial charge in [0.2, 0.25) is 0 Å². The molecule has 2 aliphatic rings. The average Bonchev–Trinajstić information content (AvgIpc) is 3.35. The number of amides is 1. The van der Waals surface area contributed by atoms with Gasteiger partial charge >= 0.3 is 5.97 Å². The van der Waals surface area contributed by atoms with E-state index in [2.05, 4.69) is 4.90 Å². The van der Waals surface area contributed by atoms with Gasteiger partial charge in [-0.25, -0.2) is 0 Å². The van der Waals surface area contributed by atoms with Crippen LogP contribution in [0.4, 0.5) is 0 Å². The Labute approximate surface area is 290 Å². The van der Waals surface area contributed by atoms with Crippen LogP contribution in [0.15, 0.2) is 65.6 Å². The Kier molecular flexibility index (Phi) is 12.7. The highest BCUT2D eigenvalue weighted by Crippen LogP contribution is 2.36. The molecule has 0 unspecified atom stereocenters. The second-order valence-electron chi connectivity index (χ2n) is 11.1. The van der Waals surface area contributed by atoms with E-state index in [1.54, 1.807) is 23.1 Å². The summed E-state index contributed by atoms with van der Waals surface area (Å²) in [6.07, 6.45) is 2.25. The molecule has 0 atom stereocenters. The summed E-state index contributed by atoms with van der Waals surface area (Å²) in [5.41, 5.74) is 3.41. The minimum atomic E-state index is -0.928. The molecule has 12 heteroatoms. The Morgan fingerprint density at radius 1 is 0.938 bits per heavy atom. The van der Waals surface area contributed by atoms with Crippen molar-refractivity contribution in [2.75, 3.05) is 66.3 Å². The third kappa shape index (κ3) is 9.50. The maximum absolute atomic E-state index is 13.6. The van der Waals surface area contributed by atoms with E-state index < -0.39 is 5.97 Å². The maximum atomic E-state index is 13.6. The van der Waals surface area contributed by atoms with Crippen LogP contribution in [0.5, 0.6) is 23.0 Å². The lowest BCUT2D eigenvalue weighted by molar-refractivity contribution is -0.136. The van der Waals surface area contributed by atoms with Gasteiger partial charge in [-0.3, -0.25) is 19.4 Å². The highest BCUT2D eigenvalue weighted by atomic mass is 32.2. The first-order chi connectivity index (χ1) is 23.3. The molecule has 1 amide bonds. The van der Waals surface area contributed by atoms with Crippen molar-refractivity contribution >= 4 is 46.3 Å². The van der Waals surface area contributed by atoms with Gasteiger partial charge in [0.1, 0.15) is 22.4 Å². The fourth-order valence-electron chi connectivity index (χ4n) is 5.35. The van der Waals surface area contributed by atoms with E-state index in [0.29, 0.717) is 58.2 Å². The molecule has 3 aromatic rings. The van der Waals surface area contributed by atoms with Crippen molar-refractivity contribution in [3.63, 3.8) is 0 Å². The van der Waals surface area contributed by atoms with Crippen LogP contribution in [0.3, 0.4) is 0 Å². The quantitative estimate of drug-likeness (QED) is 0.112. The molecule has 0 radical (unpaired) electrons. The predicted octanol–water partition coefficient (Wildman–Crippen LogP) is 5.77. The van der Waals surface area contributed by atoms with E-state index in [1.165, 1.54) is 18.9 Å². The highest BCUT2D eigenvalue weighted by molar-refractivity contribution is 8.26. The average molecular weight is 693 g/mol. The molecule has 254 valence electrons. The summed E-state index contributed by atoms with van der Waals surface area (Å²) in [6.45, 7) is 7.71. The molecule has 2 fully saturated rings. The van der Waals surface area contributed by atoms with Crippen molar-refractivity contribution in [1.82, 2.24) is 9.80 Å². The first-order valence-corrected chi connectivity index (χ1v) is 17.1. The predicted molar refractivity (Wildman–Crippen MR) is 190 cm³/mol. The number of aliphatic carboxylic acids is 1. The molecule has 2 aliphatic heterocycles. The summed E-state index contributed by atoms with van der Waals surface area (Å²) in [6, 6.07) is 19.0. The molecule has 0 aliphatic carbocycles. The molecule has 2 saturated heterocycles. The zero-order chi connectivity index (χ0) is 33.9. The Morgan fingerprint density at radius 3 is 2.40 bits per heavy atom. The van der Waals surface area contributed by atoms with Gasteiger partial charge in [0, 0.05) is 31.7 Å². The molecular formula is C36H40N2O8S2. The molecule has 10 nitrogen and oxygen atoms in total. The van der Waals surface area contributed by atoms with Gasteiger partial charge in [-0.15, -0.1) is 0 Å². The van der Waals surface area contributed by atoms with E-state index in [-0.39, 0.29) is 18.9 Å². The van der Waals surface area contributed by atoms with Crippen molar-refractivity contribution in [2.45, 2.75) is 19.8 Å². The minimum Gasteiger partial charge on any atom is -0.494 e.